The normalized spacial score (nSPS) is 15.1. The lowest BCUT2D eigenvalue weighted by atomic mass is 10.2. The SMILES string of the molecule is O=c1nc2n(Cc3cccc(Cl)c3)nc(N3CCCCCC3)n2c2ccc(Cl)cc12.O=c1nc2n(Cc3ccccc3Cl)nc(N3CCCCCC3)n2c2ccc(Cl)cc12. The monoisotopic (exact) mass is 882 g/mol. The molecule has 0 atom stereocenters. The van der Waals surface area contributed by atoms with E-state index in [-0.39, 0.29) is 11.1 Å². The summed E-state index contributed by atoms with van der Waals surface area (Å²) in [6.07, 6.45) is 9.38. The van der Waals surface area contributed by atoms with Gasteiger partial charge < -0.3 is 9.80 Å². The zero-order chi connectivity index (χ0) is 41.3. The van der Waals surface area contributed by atoms with E-state index in [0.717, 1.165) is 85.9 Å². The maximum Gasteiger partial charge on any atom is 0.282 e. The van der Waals surface area contributed by atoms with Crippen molar-refractivity contribution in [3.05, 3.63) is 137 Å². The van der Waals surface area contributed by atoms with E-state index in [4.69, 9.17) is 56.6 Å². The molecule has 2 aliphatic rings. The Morgan fingerprint density at radius 1 is 0.500 bits per heavy atom. The molecule has 16 heteroatoms. The molecule has 0 amide bonds. The highest BCUT2D eigenvalue weighted by atomic mass is 35.5. The van der Waals surface area contributed by atoms with Gasteiger partial charge in [0.2, 0.25) is 23.5 Å². The quantitative estimate of drug-likeness (QED) is 0.163. The summed E-state index contributed by atoms with van der Waals surface area (Å²) in [5.74, 6) is 2.65. The van der Waals surface area contributed by atoms with Crippen LogP contribution in [-0.2, 0) is 13.1 Å². The minimum atomic E-state index is -0.310. The molecule has 0 aliphatic carbocycles. The van der Waals surface area contributed by atoms with Gasteiger partial charge in [0.15, 0.2) is 0 Å². The van der Waals surface area contributed by atoms with Gasteiger partial charge in [0.05, 0.1) is 34.9 Å². The number of fused-ring (bicyclic) bond motifs is 6. The van der Waals surface area contributed by atoms with Crippen LogP contribution in [0.25, 0.3) is 33.4 Å². The molecule has 308 valence electrons. The highest BCUT2D eigenvalue weighted by molar-refractivity contribution is 6.32. The lowest BCUT2D eigenvalue weighted by Crippen LogP contribution is -2.26. The van der Waals surface area contributed by atoms with Gasteiger partial charge in [0.25, 0.3) is 11.1 Å². The number of benzene rings is 4. The molecular weight excluding hydrogens is 842 g/mol. The Balaban J connectivity index is 0.000000154. The molecule has 0 radical (unpaired) electrons. The fraction of sp³-hybridized carbons (Fsp3) is 0.318. The van der Waals surface area contributed by atoms with Crippen molar-refractivity contribution in [3.8, 4) is 0 Å². The summed E-state index contributed by atoms with van der Waals surface area (Å²) in [7, 11) is 0. The van der Waals surface area contributed by atoms with E-state index >= 15 is 0 Å². The third-order valence-corrected chi connectivity index (χ3v) is 12.3. The molecule has 8 aromatic rings. The summed E-state index contributed by atoms with van der Waals surface area (Å²) in [5.41, 5.74) is 2.85. The number of rotatable bonds is 6. The van der Waals surface area contributed by atoms with Crippen LogP contribution in [0.5, 0.6) is 0 Å². The molecule has 12 nitrogen and oxygen atoms in total. The first-order valence-corrected chi connectivity index (χ1v) is 21.9. The molecule has 2 aliphatic heterocycles. The van der Waals surface area contributed by atoms with Gasteiger partial charge in [-0.3, -0.25) is 9.59 Å². The van der Waals surface area contributed by atoms with Crippen LogP contribution >= 0.6 is 46.4 Å². The van der Waals surface area contributed by atoms with Gasteiger partial charge in [-0.25, -0.2) is 18.2 Å². The van der Waals surface area contributed by atoms with Gasteiger partial charge in [-0.15, -0.1) is 10.2 Å². The minimum absolute atomic E-state index is 0.304. The summed E-state index contributed by atoms with van der Waals surface area (Å²) in [4.78, 5) is 39.0. The third-order valence-electron chi connectivity index (χ3n) is 11.2. The van der Waals surface area contributed by atoms with Crippen LogP contribution in [0.4, 0.5) is 11.9 Å². The van der Waals surface area contributed by atoms with E-state index in [1.54, 1.807) is 33.6 Å². The summed E-state index contributed by atoms with van der Waals surface area (Å²) in [6.45, 7) is 4.64. The Morgan fingerprint density at radius 3 is 1.48 bits per heavy atom. The van der Waals surface area contributed by atoms with Gasteiger partial charge in [0.1, 0.15) is 0 Å². The zero-order valence-corrected chi connectivity index (χ0v) is 35.8. The van der Waals surface area contributed by atoms with Crippen molar-refractivity contribution < 1.29 is 0 Å². The van der Waals surface area contributed by atoms with Crippen molar-refractivity contribution in [2.45, 2.75) is 64.5 Å². The fourth-order valence-corrected chi connectivity index (χ4v) is 9.01. The predicted molar refractivity (Wildman–Crippen MR) is 242 cm³/mol. The van der Waals surface area contributed by atoms with Crippen LogP contribution in [-0.4, -0.2) is 64.5 Å². The molecule has 0 unspecified atom stereocenters. The molecular formula is C44H42Cl4N10O2. The number of hydrogen-bond acceptors (Lipinski definition) is 8. The van der Waals surface area contributed by atoms with Crippen LogP contribution in [0.15, 0.2) is 94.5 Å². The minimum Gasteiger partial charge on any atom is -0.341 e. The number of anilines is 2. The Labute approximate surface area is 365 Å². The first kappa shape index (κ1) is 40.3. The molecule has 60 heavy (non-hydrogen) atoms. The lowest BCUT2D eigenvalue weighted by molar-refractivity contribution is 0.685. The van der Waals surface area contributed by atoms with E-state index in [1.165, 1.54) is 25.7 Å². The van der Waals surface area contributed by atoms with Crippen molar-refractivity contribution in [3.63, 3.8) is 0 Å². The Hall–Kier alpha value is -5.14. The van der Waals surface area contributed by atoms with Gasteiger partial charge in [-0.2, -0.15) is 9.97 Å². The van der Waals surface area contributed by atoms with Crippen LogP contribution in [0.1, 0.15) is 62.5 Å². The van der Waals surface area contributed by atoms with E-state index in [1.807, 2.05) is 69.5 Å². The van der Waals surface area contributed by atoms with Crippen LogP contribution in [0, 0.1) is 0 Å². The number of halogens is 4. The third kappa shape index (κ3) is 8.18. The van der Waals surface area contributed by atoms with Crippen molar-refractivity contribution in [1.29, 1.82) is 0 Å². The maximum absolute atomic E-state index is 12.8. The molecule has 0 spiro atoms. The topological polar surface area (TPSA) is 111 Å². The first-order chi connectivity index (χ1) is 29.2. The van der Waals surface area contributed by atoms with Crippen LogP contribution < -0.4 is 20.9 Å². The van der Waals surface area contributed by atoms with Crippen LogP contribution in [0.2, 0.25) is 20.1 Å². The van der Waals surface area contributed by atoms with Crippen LogP contribution in [0.3, 0.4) is 0 Å². The second kappa shape index (κ2) is 17.5. The van der Waals surface area contributed by atoms with Gasteiger partial charge in [0, 0.05) is 46.3 Å². The number of aromatic nitrogens is 8. The molecule has 0 bridgehead atoms. The highest BCUT2D eigenvalue weighted by Crippen LogP contribution is 2.28. The Kier molecular flexibility index (Phi) is 11.7. The molecule has 4 aromatic carbocycles. The van der Waals surface area contributed by atoms with Crippen molar-refractivity contribution in [2.24, 2.45) is 0 Å². The van der Waals surface area contributed by atoms with Gasteiger partial charge >= 0.3 is 0 Å². The molecule has 10 rings (SSSR count). The van der Waals surface area contributed by atoms with Crippen molar-refractivity contribution in [2.75, 3.05) is 36.0 Å². The number of hydrogen-bond donors (Lipinski definition) is 0. The van der Waals surface area contributed by atoms with Gasteiger partial charge in [-0.05, 0) is 91.4 Å². The van der Waals surface area contributed by atoms with E-state index in [9.17, 15) is 9.59 Å². The van der Waals surface area contributed by atoms with Gasteiger partial charge in [-0.1, -0.05) is 102 Å². The maximum atomic E-state index is 12.8. The smallest absolute Gasteiger partial charge is 0.282 e. The molecule has 2 saturated heterocycles. The number of nitrogens with zero attached hydrogens (tertiary/aromatic N) is 10. The van der Waals surface area contributed by atoms with E-state index in [2.05, 4.69) is 19.8 Å². The summed E-state index contributed by atoms with van der Waals surface area (Å²) >= 11 is 24.9. The molecule has 6 heterocycles. The highest BCUT2D eigenvalue weighted by Gasteiger charge is 2.24. The Morgan fingerprint density at radius 2 is 0.983 bits per heavy atom. The second-order valence-electron chi connectivity index (χ2n) is 15.4. The lowest BCUT2D eigenvalue weighted by Gasteiger charge is -2.20. The van der Waals surface area contributed by atoms with E-state index in [0.29, 0.717) is 55.5 Å². The zero-order valence-electron chi connectivity index (χ0n) is 32.8. The summed E-state index contributed by atoms with van der Waals surface area (Å²) in [5, 5.41) is 13.2. The average molecular weight is 885 g/mol. The van der Waals surface area contributed by atoms with Crippen molar-refractivity contribution >= 4 is 91.7 Å². The molecule has 0 N–H and O–H groups in total. The summed E-state index contributed by atoms with van der Waals surface area (Å²) in [6, 6.07) is 26.0. The fourth-order valence-electron chi connectivity index (χ4n) is 8.26. The average Bonchev–Trinajstić information content (AvgIpc) is 3.47. The molecule has 2 fully saturated rings. The first-order valence-electron chi connectivity index (χ1n) is 20.4. The molecule has 4 aromatic heterocycles. The van der Waals surface area contributed by atoms with Crippen molar-refractivity contribution in [1.82, 2.24) is 38.3 Å². The largest absolute Gasteiger partial charge is 0.341 e. The summed E-state index contributed by atoms with van der Waals surface area (Å²) < 4.78 is 7.54. The Bertz CT molecular complexity index is 2980. The standard InChI is InChI=1S/2C22H21Cl2N5O/c23-16-9-10-19-17(13-16)20(30)25-21-28(14-15-7-3-4-8-18(15)24)26-22(29(19)21)27-11-5-1-2-6-12-27;23-16-7-5-6-15(12-16)14-28-21-25-20(30)18-13-17(24)8-9-19(18)29(21)22(26-28)27-10-3-1-2-4-11-27/h3-4,7-10,13H,1-2,5-6,11-12,14H2;5-9,12-13H,1-4,10-11,14H2. The second-order valence-corrected chi connectivity index (χ2v) is 17.1. The predicted octanol–water partition coefficient (Wildman–Crippen LogP) is 9.56. The molecule has 0 saturated carbocycles. The van der Waals surface area contributed by atoms with E-state index < -0.39 is 0 Å².